The van der Waals surface area contributed by atoms with E-state index in [0.717, 1.165) is 77.0 Å². The minimum atomic E-state index is -0.914. The van der Waals surface area contributed by atoms with Crippen LogP contribution in [-0.4, -0.2) is 23.9 Å². The number of hydrogen-bond donors (Lipinski definition) is 0. The first-order valence-electron chi connectivity index (χ1n) is 34.5. The van der Waals surface area contributed by atoms with Crippen LogP contribution < -0.4 is 20.4 Å². The van der Waals surface area contributed by atoms with Gasteiger partial charge in [-0.2, -0.15) is 0 Å². The van der Waals surface area contributed by atoms with Gasteiger partial charge in [-0.3, -0.25) is 0 Å². The van der Waals surface area contributed by atoms with E-state index in [1.54, 1.807) is 0 Å². The van der Waals surface area contributed by atoms with E-state index in [9.17, 15) is 39.6 Å². The molecule has 0 aromatic rings. The topological polar surface area (TPSA) is 161 Å². The summed E-state index contributed by atoms with van der Waals surface area (Å²) in [6.45, 7) is 9.02. The molecule has 0 aromatic carbocycles. The third kappa shape index (κ3) is 107. The monoisotopic (exact) mass is 1300 g/mol. The summed E-state index contributed by atoms with van der Waals surface area (Å²) in [6, 6.07) is 0. The molecule has 10 heteroatoms. The summed E-state index contributed by atoms with van der Waals surface area (Å²) in [4.78, 5) is 40.9. The number of rotatable bonds is 60. The van der Waals surface area contributed by atoms with Gasteiger partial charge in [0.25, 0.3) is 0 Å². The van der Waals surface area contributed by atoms with E-state index < -0.39 is 23.9 Å². The normalized spacial score (nSPS) is 11.0. The van der Waals surface area contributed by atoms with Crippen LogP contribution in [0.3, 0.4) is 0 Å². The predicted molar refractivity (Wildman–Crippen MR) is 338 cm³/mol. The smallest absolute Gasteiger partial charge is 0.550 e. The van der Waals surface area contributed by atoms with Crippen molar-refractivity contribution in [1.29, 1.82) is 0 Å². The summed E-state index contributed by atoms with van der Waals surface area (Å²) in [5.41, 5.74) is 0. The Hall–Kier alpha value is -1.61. The minimum Gasteiger partial charge on any atom is -0.550 e. The molecule has 0 atom stereocenters. The fraction of sp³-hybridized carbons (Fsp3) is 0.833. The Kier molecular flexibility index (Phi) is 98.4. The summed E-state index contributed by atoms with van der Waals surface area (Å²) in [5.74, 6) is -3.66. The van der Waals surface area contributed by atoms with Gasteiger partial charge in [0.05, 0.1) is 0 Å². The van der Waals surface area contributed by atoms with Gasteiger partial charge in [-0.15, -0.1) is 0 Å². The van der Waals surface area contributed by atoms with E-state index in [-0.39, 0.29) is 72.5 Å². The third-order valence-electron chi connectivity index (χ3n) is 14.6. The van der Waals surface area contributed by atoms with E-state index in [1.165, 1.54) is 257 Å². The molecule has 0 N–H and O–H groups in total. The molecule has 0 saturated heterocycles. The number of allylic oxidation sites excluding steroid dienone is 8. The maximum absolute atomic E-state index is 10.2. The molecule has 0 radical (unpaired) electrons. The number of carboxylic acid groups (broad SMARTS) is 4. The van der Waals surface area contributed by atoms with Gasteiger partial charge in [-0.25, -0.2) is 0 Å². The molecule has 0 spiro atoms. The van der Waals surface area contributed by atoms with Gasteiger partial charge in [0, 0.05) is 23.9 Å². The molecule has 0 bridgehead atoms. The van der Waals surface area contributed by atoms with Gasteiger partial charge in [0.15, 0.2) is 0 Å². The third-order valence-corrected chi connectivity index (χ3v) is 14.6. The first kappa shape index (κ1) is 91.6. The van der Waals surface area contributed by atoms with Gasteiger partial charge in [-0.05, 0) is 154 Å². The summed E-state index contributed by atoms with van der Waals surface area (Å²) < 4.78 is 0. The van der Waals surface area contributed by atoms with E-state index in [0.29, 0.717) is 0 Å². The molecule has 472 valence electrons. The molecule has 0 fully saturated rings. The maximum atomic E-state index is 10.2. The van der Waals surface area contributed by atoms with Crippen LogP contribution in [0.15, 0.2) is 48.6 Å². The quantitative estimate of drug-likeness (QED) is 0.0330. The number of hydrogen-bond acceptors (Lipinski definition) is 8. The van der Waals surface area contributed by atoms with Gasteiger partial charge in [0.1, 0.15) is 0 Å². The molecular weight excluding hydrogens is 1170 g/mol. The zero-order valence-corrected chi connectivity index (χ0v) is 61.9. The van der Waals surface area contributed by atoms with Crippen LogP contribution in [0.1, 0.15) is 387 Å². The molecule has 8 nitrogen and oxygen atoms in total. The zero-order valence-electron chi connectivity index (χ0n) is 54.9. The molecule has 0 aliphatic heterocycles. The van der Waals surface area contributed by atoms with Gasteiger partial charge >= 0.3 is 46.8 Å². The number of aliphatic carboxylic acids is 4. The van der Waals surface area contributed by atoms with Crippen LogP contribution in [0, 0.1) is 0 Å². The van der Waals surface area contributed by atoms with Crippen molar-refractivity contribution in [2.24, 2.45) is 0 Å². The molecular formula is C72H132CdO8Zn. The van der Waals surface area contributed by atoms with Crippen molar-refractivity contribution in [2.45, 2.75) is 387 Å². The fourth-order valence-electron chi connectivity index (χ4n) is 9.36. The Morgan fingerprint density at radius 3 is 0.439 bits per heavy atom. The Morgan fingerprint density at radius 2 is 0.317 bits per heavy atom. The number of carbonyl (C=O) groups excluding carboxylic acids is 4. The molecule has 0 unspecified atom stereocenters. The van der Waals surface area contributed by atoms with Crippen molar-refractivity contribution in [3.63, 3.8) is 0 Å². The van der Waals surface area contributed by atoms with E-state index in [2.05, 4.69) is 76.3 Å². The first-order chi connectivity index (χ1) is 39.1. The summed E-state index contributed by atoms with van der Waals surface area (Å²) in [7, 11) is 0. The van der Waals surface area contributed by atoms with Crippen molar-refractivity contribution in [1.82, 2.24) is 0 Å². The van der Waals surface area contributed by atoms with E-state index in [4.69, 9.17) is 0 Å². The van der Waals surface area contributed by atoms with Crippen molar-refractivity contribution in [2.75, 3.05) is 0 Å². The van der Waals surface area contributed by atoms with Gasteiger partial charge in [-0.1, -0.05) is 282 Å². The SMILES string of the molecule is CCCCCCCC/C=C\CCCCCCCC(=O)[O-].CCCCCCCC/C=C\CCCCCCCC(=O)[O-].CCCCCCCC/C=C\CCCCCCCC(=O)[O-].CCCCCCCC/C=C\CCCCCCCC(=O)[O-].[Cd+2].[Zn+2]. The minimum absolute atomic E-state index is 0. The van der Waals surface area contributed by atoms with Crippen LogP contribution in [0.25, 0.3) is 0 Å². The second-order valence-corrected chi connectivity index (χ2v) is 22.8. The molecule has 0 amide bonds. The Morgan fingerprint density at radius 1 is 0.207 bits per heavy atom. The molecule has 0 aliphatic carbocycles. The van der Waals surface area contributed by atoms with Gasteiger partial charge < -0.3 is 39.6 Å². The molecule has 0 saturated carbocycles. The van der Waals surface area contributed by atoms with E-state index in [1.807, 2.05) is 0 Å². The summed E-state index contributed by atoms with van der Waals surface area (Å²) in [6.07, 6.45) is 83.6. The van der Waals surface area contributed by atoms with E-state index >= 15 is 0 Å². The van der Waals surface area contributed by atoms with Crippen LogP contribution in [0.2, 0.25) is 0 Å². The van der Waals surface area contributed by atoms with Crippen LogP contribution in [0.4, 0.5) is 0 Å². The molecule has 0 aliphatic rings. The molecule has 0 heterocycles. The number of carbonyl (C=O) groups is 4. The van der Waals surface area contributed by atoms with Crippen molar-refractivity contribution in [3.05, 3.63) is 48.6 Å². The second-order valence-electron chi connectivity index (χ2n) is 22.8. The molecule has 82 heavy (non-hydrogen) atoms. The summed E-state index contributed by atoms with van der Waals surface area (Å²) >= 11 is 0. The summed E-state index contributed by atoms with van der Waals surface area (Å²) in [5, 5.41) is 40.9. The zero-order chi connectivity index (χ0) is 59.6. The average Bonchev–Trinajstić information content (AvgIpc) is 3.43. The number of unbranched alkanes of at least 4 members (excludes halogenated alkanes) is 44. The van der Waals surface area contributed by atoms with Crippen LogP contribution in [-0.2, 0) is 66.0 Å². The predicted octanol–water partition coefficient (Wildman–Crippen LogP) is 19.1. The van der Waals surface area contributed by atoms with Crippen molar-refractivity contribution >= 4 is 23.9 Å². The number of carboxylic acids is 4. The average molecular weight is 1300 g/mol. The van der Waals surface area contributed by atoms with Crippen molar-refractivity contribution in [3.8, 4) is 0 Å². The molecule has 0 aromatic heterocycles. The largest absolute Gasteiger partial charge is 2.00 e. The molecule has 0 rings (SSSR count). The standard InChI is InChI=1S/4C18H34O2.Cd.Zn/c4*1-2-3-4-5-6-7-8-9-10-11-12-13-14-15-16-17-18(19)20;;/h4*9-10H,2-8,11-17H2,1H3,(H,19,20);;/q;;;;2*+2/p-4/b4*10-9-;;. The Balaban J connectivity index is -0.000000233. The van der Waals surface area contributed by atoms with Gasteiger partial charge in [0.2, 0.25) is 0 Å². The first-order valence-corrected chi connectivity index (χ1v) is 34.5. The Bertz CT molecular complexity index is 1150. The maximum Gasteiger partial charge on any atom is 2.00 e. The van der Waals surface area contributed by atoms with Crippen LogP contribution >= 0.6 is 0 Å². The van der Waals surface area contributed by atoms with Crippen LogP contribution in [0.5, 0.6) is 0 Å². The Labute approximate surface area is 542 Å². The second kappa shape index (κ2) is 88.2. The van der Waals surface area contributed by atoms with Crippen molar-refractivity contribution < 1.29 is 86.4 Å². The fourth-order valence-corrected chi connectivity index (χ4v) is 9.36.